The third-order valence-corrected chi connectivity index (χ3v) is 8.98. The Morgan fingerprint density at radius 3 is 1.98 bits per heavy atom. The van der Waals surface area contributed by atoms with Crippen LogP contribution in [0.4, 0.5) is 4.39 Å². The first-order valence-corrected chi connectivity index (χ1v) is 15.5. The number of sulfonamides is 1. The molecule has 8 heteroatoms. The number of hydrogen-bond acceptors (Lipinski definition) is 4. The number of hydrogen-bond donors (Lipinski definition) is 2. The first-order chi connectivity index (χ1) is 21.3. The van der Waals surface area contributed by atoms with Crippen molar-refractivity contribution >= 4 is 27.0 Å². The van der Waals surface area contributed by atoms with Crippen molar-refractivity contribution in [2.24, 2.45) is 0 Å². The Morgan fingerprint density at radius 1 is 0.727 bits per heavy atom. The number of halogens is 1. The lowest BCUT2D eigenvalue weighted by atomic mass is 9.96. The highest BCUT2D eigenvalue weighted by atomic mass is 32.2. The highest BCUT2D eigenvalue weighted by molar-refractivity contribution is 7.89. The van der Waals surface area contributed by atoms with Gasteiger partial charge in [-0.3, -0.25) is 4.79 Å². The number of aliphatic carboxylic acids is 1. The third kappa shape index (κ3) is 6.32. The van der Waals surface area contributed by atoms with Gasteiger partial charge in [-0.1, -0.05) is 97.1 Å². The van der Waals surface area contributed by atoms with Crippen LogP contribution in [-0.2, 0) is 27.7 Å². The number of carboxylic acid groups (broad SMARTS) is 1. The van der Waals surface area contributed by atoms with Gasteiger partial charge in [-0.25, -0.2) is 12.8 Å². The molecule has 0 bridgehead atoms. The van der Waals surface area contributed by atoms with Crippen molar-refractivity contribution in [3.8, 4) is 22.3 Å². The first-order valence-electron chi connectivity index (χ1n) is 14.0. The number of carboxylic acids is 1. The molecule has 44 heavy (non-hydrogen) atoms. The Bertz CT molecular complexity index is 2020. The summed E-state index contributed by atoms with van der Waals surface area (Å²) in [6, 6.07) is 36.3. The summed E-state index contributed by atoms with van der Waals surface area (Å²) < 4.78 is 47.9. The van der Waals surface area contributed by atoms with Crippen LogP contribution >= 0.6 is 0 Å². The molecule has 1 unspecified atom stereocenters. The molecule has 0 saturated carbocycles. The van der Waals surface area contributed by atoms with Gasteiger partial charge in [0.1, 0.15) is 23.2 Å². The van der Waals surface area contributed by atoms with Crippen LogP contribution in [0.15, 0.2) is 137 Å². The second kappa shape index (κ2) is 12.3. The predicted molar refractivity (Wildman–Crippen MR) is 168 cm³/mol. The maximum Gasteiger partial charge on any atom is 0.322 e. The van der Waals surface area contributed by atoms with Crippen molar-refractivity contribution in [2.75, 3.05) is 0 Å². The van der Waals surface area contributed by atoms with Gasteiger partial charge in [-0.15, -0.1) is 0 Å². The molecule has 0 spiro atoms. The summed E-state index contributed by atoms with van der Waals surface area (Å²) in [7, 11) is -4.13. The van der Waals surface area contributed by atoms with Gasteiger partial charge in [0.25, 0.3) is 0 Å². The van der Waals surface area contributed by atoms with E-state index < -0.39 is 27.9 Å². The van der Waals surface area contributed by atoms with Gasteiger partial charge in [0, 0.05) is 17.4 Å². The third-order valence-electron chi connectivity index (χ3n) is 7.50. The van der Waals surface area contributed by atoms with Crippen molar-refractivity contribution in [3.05, 3.63) is 150 Å². The number of rotatable bonds is 10. The fourth-order valence-electron chi connectivity index (χ4n) is 5.27. The molecule has 0 amide bonds. The Morgan fingerprint density at radius 2 is 1.32 bits per heavy atom. The van der Waals surface area contributed by atoms with Gasteiger partial charge in [-0.05, 0) is 64.6 Å². The van der Waals surface area contributed by atoms with E-state index in [-0.39, 0.29) is 11.3 Å². The number of nitrogens with one attached hydrogen (secondary N) is 1. The monoisotopic (exact) mass is 605 g/mol. The van der Waals surface area contributed by atoms with E-state index in [9.17, 15) is 22.7 Å². The molecule has 1 aromatic heterocycles. The molecule has 5 aromatic carbocycles. The van der Waals surface area contributed by atoms with Gasteiger partial charge in [0.15, 0.2) is 0 Å². The second-order valence-corrected chi connectivity index (χ2v) is 12.2. The molecular formula is C36H28FNO5S. The molecular weight excluding hydrogens is 577 g/mol. The van der Waals surface area contributed by atoms with E-state index in [2.05, 4.69) is 22.9 Å². The molecule has 6 nitrogen and oxygen atoms in total. The minimum atomic E-state index is -4.13. The topological polar surface area (TPSA) is 96.6 Å². The van der Waals surface area contributed by atoms with E-state index in [1.165, 1.54) is 36.4 Å². The zero-order chi connectivity index (χ0) is 30.7. The summed E-state index contributed by atoms with van der Waals surface area (Å²) in [6.07, 6.45) is 0.529. The number of furan rings is 1. The quantitative estimate of drug-likeness (QED) is 0.169. The Kier molecular flexibility index (Phi) is 8.11. The van der Waals surface area contributed by atoms with Gasteiger partial charge < -0.3 is 9.52 Å². The molecule has 6 rings (SSSR count). The van der Waals surface area contributed by atoms with Gasteiger partial charge in [0.2, 0.25) is 10.0 Å². The van der Waals surface area contributed by atoms with E-state index in [4.69, 9.17) is 4.42 Å². The summed E-state index contributed by atoms with van der Waals surface area (Å²) in [5, 5.41) is 10.7. The second-order valence-electron chi connectivity index (χ2n) is 10.5. The lowest BCUT2D eigenvalue weighted by Gasteiger charge is -2.15. The lowest BCUT2D eigenvalue weighted by Crippen LogP contribution is -2.42. The van der Waals surface area contributed by atoms with Crippen molar-refractivity contribution in [2.45, 2.75) is 23.8 Å². The molecule has 1 atom stereocenters. The van der Waals surface area contributed by atoms with Crippen molar-refractivity contribution in [3.63, 3.8) is 0 Å². The number of fused-ring (bicyclic) bond motifs is 1. The van der Waals surface area contributed by atoms with Crippen LogP contribution in [-0.4, -0.2) is 25.5 Å². The highest BCUT2D eigenvalue weighted by Gasteiger charge is 2.26. The SMILES string of the molecule is O=C(O)C(Cc1ccc(F)cc1)NS(=O)(=O)c1ccc(-c2ccc(-c3c(Cc4ccccc4)oc4ccccc34)cc2)cc1. The van der Waals surface area contributed by atoms with E-state index in [0.717, 1.165) is 44.5 Å². The largest absolute Gasteiger partial charge is 0.480 e. The van der Waals surface area contributed by atoms with Gasteiger partial charge in [-0.2, -0.15) is 4.72 Å². The van der Waals surface area contributed by atoms with E-state index in [1.807, 2.05) is 60.7 Å². The number of carbonyl (C=O) groups is 1. The Labute approximate surface area is 254 Å². The van der Waals surface area contributed by atoms with E-state index in [1.54, 1.807) is 12.1 Å². The zero-order valence-corrected chi connectivity index (χ0v) is 24.3. The molecule has 0 aliphatic heterocycles. The van der Waals surface area contributed by atoms with Crippen LogP contribution in [0.5, 0.6) is 0 Å². The fourth-order valence-corrected chi connectivity index (χ4v) is 6.45. The Hall–Kier alpha value is -5.05. The smallest absolute Gasteiger partial charge is 0.322 e. The summed E-state index contributed by atoms with van der Waals surface area (Å²) >= 11 is 0. The number of benzene rings is 5. The minimum absolute atomic E-state index is 0.0568. The summed E-state index contributed by atoms with van der Waals surface area (Å²) in [5.41, 5.74) is 6.22. The molecule has 2 N–H and O–H groups in total. The zero-order valence-electron chi connectivity index (χ0n) is 23.5. The van der Waals surface area contributed by atoms with Crippen LogP contribution in [0.1, 0.15) is 16.9 Å². The molecule has 0 saturated heterocycles. The summed E-state index contributed by atoms with van der Waals surface area (Å²) in [5.74, 6) is -0.906. The van der Waals surface area contributed by atoms with Crippen molar-refractivity contribution < 1.29 is 27.1 Å². The van der Waals surface area contributed by atoms with Crippen LogP contribution in [0.3, 0.4) is 0 Å². The van der Waals surface area contributed by atoms with E-state index in [0.29, 0.717) is 12.0 Å². The van der Waals surface area contributed by atoms with Crippen LogP contribution in [0.2, 0.25) is 0 Å². The summed E-state index contributed by atoms with van der Waals surface area (Å²) in [6.45, 7) is 0. The standard InChI is InChI=1S/C36H28FNO5S/c37-29-18-10-25(11-19-29)22-32(36(39)40)38-44(41,42)30-20-16-27(17-21-30)26-12-14-28(15-13-26)35-31-8-4-5-9-33(31)43-34(35)23-24-6-2-1-3-7-24/h1-21,32,38H,22-23H2,(H,39,40). The maximum atomic E-state index is 13.2. The summed E-state index contributed by atoms with van der Waals surface area (Å²) in [4.78, 5) is 11.8. The van der Waals surface area contributed by atoms with Crippen LogP contribution < -0.4 is 4.72 Å². The first kappa shape index (κ1) is 29.0. The van der Waals surface area contributed by atoms with Crippen LogP contribution in [0.25, 0.3) is 33.2 Å². The lowest BCUT2D eigenvalue weighted by molar-refractivity contribution is -0.138. The molecule has 1 heterocycles. The molecule has 220 valence electrons. The van der Waals surface area contributed by atoms with Crippen molar-refractivity contribution in [1.82, 2.24) is 4.72 Å². The molecule has 6 aromatic rings. The fraction of sp³-hybridized carbons (Fsp3) is 0.0833. The molecule has 0 aliphatic rings. The minimum Gasteiger partial charge on any atom is -0.480 e. The molecule has 0 fully saturated rings. The highest BCUT2D eigenvalue weighted by Crippen LogP contribution is 2.37. The van der Waals surface area contributed by atoms with Gasteiger partial charge >= 0.3 is 5.97 Å². The number of para-hydroxylation sites is 1. The maximum absolute atomic E-state index is 13.2. The van der Waals surface area contributed by atoms with Gasteiger partial charge in [0.05, 0.1) is 4.90 Å². The van der Waals surface area contributed by atoms with Crippen LogP contribution in [0, 0.1) is 5.82 Å². The molecule has 0 radical (unpaired) electrons. The van der Waals surface area contributed by atoms with E-state index >= 15 is 0 Å². The van der Waals surface area contributed by atoms with Crippen molar-refractivity contribution in [1.29, 1.82) is 0 Å². The molecule has 0 aliphatic carbocycles. The predicted octanol–water partition coefficient (Wildman–Crippen LogP) is 7.47. The Balaban J connectivity index is 1.22. The average Bonchev–Trinajstić information content (AvgIpc) is 3.40. The average molecular weight is 606 g/mol. The normalized spacial score (nSPS) is 12.3.